The maximum atomic E-state index is 4.53. The predicted molar refractivity (Wildman–Crippen MR) is 89.2 cm³/mol. The topological polar surface area (TPSA) is 69.2 Å². The minimum absolute atomic E-state index is 0.309. The van der Waals surface area contributed by atoms with E-state index in [-0.39, 0.29) is 0 Å². The molecule has 1 unspecified atom stereocenters. The zero-order chi connectivity index (χ0) is 15.8. The summed E-state index contributed by atoms with van der Waals surface area (Å²) in [6.45, 7) is 9.11. The molecule has 0 aliphatic carbocycles. The van der Waals surface area contributed by atoms with E-state index in [1.54, 1.807) is 0 Å². The van der Waals surface area contributed by atoms with E-state index in [0.717, 1.165) is 26.1 Å². The predicted octanol–water partition coefficient (Wildman–Crippen LogP) is 1.51. The molecule has 1 aromatic heterocycles. The maximum absolute atomic E-state index is 4.53. The summed E-state index contributed by atoms with van der Waals surface area (Å²) >= 11 is 0. The number of nitrogens with one attached hydrogen (secondary N) is 2. The first kappa shape index (κ1) is 17.4. The van der Waals surface area contributed by atoms with Crippen molar-refractivity contribution in [3.05, 3.63) is 0 Å². The van der Waals surface area contributed by atoms with Crippen LogP contribution in [0.2, 0.25) is 0 Å². The van der Waals surface area contributed by atoms with Gasteiger partial charge in [-0.1, -0.05) is 0 Å². The van der Waals surface area contributed by atoms with Gasteiger partial charge in [0.1, 0.15) is 0 Å². The third-order valence-electron chi connectivity index (χ3n) is 3.28. The van der Waals surface area contributed by atoms with E-state index in [1.165, 1.54) is 0 Å². The molecule has 0 aliphatic heterocycles. The molecule has 0 saturated carbocycles. The van der Waals surface area contributed by atoms with Gasteiger partial charge in [-0.05, 0) is 47.8 Å². The van der Waals surface area contributed by atoms with E-state index >= 15 is 0 Å². The summed E-state index contributed by atoms with van der Waals surface area (Å²) in [6.07, 6.45) is 1.04. The fourth-order valence-electron chi connectivity index (χ4n) is 1.93. The molecule has 0 amide bonds. The fourth-order valence-corrected chi connectivity index (χ4v) is 1.93. The number of rotatable bonds is 9. The summed E-state index contributed by atoms with van der Waals surface area (Å²) in [5.74, 6) is 1.93. The molecule has 0 spiro atoms. The Kier molecular flexibility index (Phi) is 7.14. The first-order valence-corrected chi connectivity index (χ1v) is 7.60. The number of aromatic nitrogens is 3. The quantitative estimate of drug-likeness (QED) is 0.715. The Labute approximate surface area is 128 Å². The lowest BCUT2D eigenvalue weighted by atomic mass is 10.2. The second kappa shape index (κ2) is 8.61. The Hall–Kier alpha value is -1.63. The molecule has 120 valence electrons. The highest BCUT2D eigenvalue weighted by atomic mass is 15.3. The number of anilines is 3. The summed E-state index contributed by atoms with van der Waals surface area (Å²) < 4.78 is 0. The van der Waals surface area contributed by atoms with Crippen LogP contribution in [0.3, 0.4) is 0 Å². The lowest BCUT2D eigenvalue weighted by molar-refractivity contribution is 0.390. The molecular formula is C14H29N7. The third kappa shape index (κ3) is 5.71. The molecular weight excluding hydrogens is 266 g/mol. The Balaban J connectivity index is 2.83. The van der Waals surface area contributed by atoms with Crippen molar-refractivity contribution in [2.45, 2.75) is 33.2 Å². The monoisotopic (exact) mass is 295 g/mol. The zero-order valence-electron chi connectivity index (χ0n) is 14.1. The maximum Gasteiger partial charge on any atom is 0.231 e. The van der Waals surface area contributed by atoms with Gasteiger partial charge in [0.2, 0.25) is 17.8 Å². The minimum Gasteiger partial charge on any atom is -0.357 e. The number of nitrogens with zero attached hydrogens (tertiary/aromatic N) is 5. The normalized spacial score (nSPS) is 12.3. The van der Waals surface area contributed by atoms with Crippen LogP contribution in [0.15, 0.2) is 0 Å². The van der Waals surface area contributed by atoms with Crippen molar-refractivity contribution in [2.24, 2.45) is 0 Å². The van der Waals surface area contributed by atoms with E-state index in [9.17, 15) is 0 Å². The fraction of sp³-hybridized carbons (Fsp3) is 0.786. The van der Waals surface area contributed by atoms with Crippen molar-refractivity contribution in [1.82, 2.24) is 19.9 Å². The van der Waals surface area contributed by atoms with Gasteiger partial charge in [0.25, 0.3) is 0 Å². The molecule has 0 saturated heterocycles. The van der Waals surface area contributed by atoms with Crippen LogP contribution < -0.4 is 15.5 Å². The first-order valence-electron chi connectivity index (χ1n) is 7.60. The Morgan fingerprint density at radius 2 is 1.67 bits per heavy atom. The van der Waals surface area contributed by atoms with Gasteiger partial charge in [-0.15, -0.1) is 0 Å². The van der Waals surface area contributed by atoms with Crippen molar-refractivity contribution in [2.75, 3.05) is 56.3 Å². The largest absolute Gasteiger partial charge is 0.357 e. The molecule has 1 aromatic rings. The van der Waals surface area contributed by atoms with Gasteiger partial charge in [0.05, 0.1) is 0 Å². The van der Waals surface area contributed by atoms with E-state index in [4.69, 9.17) is 0 Å². The minimum atomic E-state index is 0.309. The number of hydrogen-bond acceptors (Lipinski definition) is 7. The lowest BCUT2D eigenvalue weighted by Gasteiger charge is -2.21. The molecule has 21 heavy (non-hydrogen) atoms. The number of hydrogen-bond donors (Lipinski definition) is 2. The van der Waals surface area contributed by atoms with Crippen LogP contribution in [0.25, 0.3) is 0 Å². The van der Waals surface area contributed by atoms with E-state index in [0.29, 0.717) is 23.9 Å². The second-order valence-corrected chi connectivity index (χ2v) is 5.34. The van der Waals surface area contributed by atoms with Crippen molar-refractivity contribution >= 4 is 17.8 Å². The average Bonchev–Trinajstić information content (AvgIpc) is 2.46. The van der Waals surface area contributed by atoms with Gasteiger partial charge < -0.3 is 20.4 Å². The molecule has 0 aliphatic rings. The molecule has 7 heteroatoms. The van der Waals surface area contributed by atoms with Gasteiger partial charge in [0, 0.05) is 26.2 Å². The molecule has 1 atom stereocenters. The summed E-state index contributed by atoms with van der Waals surface area (Å²) in [6, 6.07) is 0.309. The standard InChI is InChI=1S/C14H29N7/c1-7-21(8-2)14-18-12(15-4)17-13(19-14)16-11(3)9-10-20(5)6/h11H,7-10H2,1-6H3,(H2,15,16,17,18,19). The molecule has 0 fully saturated rings. The third-order valence-corrected chi connectivity index (χ3v) is 3.28. The molecule has 1 rings (SSSR count). The molecule has 7 nitrogen and oxygen atoms in total. The summed E-state index contributed by atoms with van der Waals surface area (Å²) in [7, 11) is 5.97. The first-order chi connectivity index (χ1) is 9.99. The summed E-state index contributed by atoms with van der Waals surface area (Å²) in [5, 5.41) is 6.36. The van der Waals surface area contributed by atoms with Gasteiger partial charge >= 0.3 is 0 Å². The summed E-state index contributed by atoms with van der Waals surface area (Å²) in [5.41, 5.74) is 0. The lowest BCUT2D eigenvalue weighted by Crippen LogP contribution is -2.27. The summed E-state index contributed by atoms with van der Waals surface area (Å²) in [4.78, 5) is 17.6. The molecule has 0 bridgehead atoms. The van der Waals surface area contributed by atoms with Crippen LogP contribution in [0.5, 0.6) is 0 Å². The molecule has 0 radical (unpaired) electrons. The second-order valence-electron chi connectivity index (χ2n) is 5.34. The Bertz CT molecular complexity index is 418. The Morgan fingerprint density at radius 1 is 1.05 bits per heavy atom. The van der Waals surface area contributed by atoms with Crippen LogP contribution in [-0.2, 0) is 0 Å². The molecule has 2 N–H and O–H groups in total. The van der Waals surface area contributed by atoms with Crippen molar-refractivity contribution in [3.8, 4) is 0 Å². The Morgan fingerprint density at radius 3 is 2.19 bits per heavy atom. The van der Waals surface area contributed by atoms with Gasteiger partial charge in [-0.25, -0.2) is 0 Å². The van der Waals surface area contributed by atoms with Crippen molar-refractivity contribution in [3.63, 3.8) is 0 Å². The van der Waals surface area contributed by atoms with Crippen LogP contribution >= 0.6 is 0 Å². The smallest absolute Gasteiger partial charge is 0.231 e. The highest BCUT2D eigenvalue weighted by Gasteiger charge is 2.12. The highest BCUT2D eigenvalue weighted by Crippen LogP contribution is 2.14. The average molecular weight is 295 g/mol. The van der Waals surface area contributed by atoms with E-state index in [1.807, 2.05) is 7.05 Å². The molecule has 1 heterocycles. The molecule has 0 aromatic carbocycles. The van der Waals surface area contributed by atoms with E-state index in [2.05, 4.69) is 70.3 Å². The van der Waals surface area contributed by atoms with Gasteiger partial charge in [-0.3, -0.25) is 0 Å². The van der Waals surface area contributed by atoms with Crippen LogP contribution in [-0.4, -0.2) is 66.7 Å². The van der Waals surface area contributed by atoms with E-state index < -0.39 is 0 Å². The van der Waals surface area contributed by atoms with Crippen molar-refractivity contribution in [1.29, 1.82) is 0 Å². The van der Waals surface area contributed by atoms with Crippen LogP contribution in [0.1, 0.15) is 27.2 Å². The van der Waals surface area contributed by atoms with Crippen LogP contribution in [0, 0.1) is 0 Å². The van der Waals surface area contributed by atoms with Gasteiger partial charge in [0.15, 0.2) is 0 Å². The van der Waals surface area contributed by atoms with Gasteiger partial charge in [-0.2, -0.15) is 15.0 Å². The zero-order valence-corrected chi connectivity index (χ0v) is 14.1. The highest BCUT2D eigenvalue weighted by molar-refractivity contribution is 5.43. The SMILES string of the molecule is CCN(CC)c1nc(NC)nc(NC(C)CCN(C)C)n1. The van der Waals surface area contributed by atoms with Crippen molar-refractivity contribution < 1.29 is 0 Å². The van der Waals surface area contributed by atoms with Crippen LogP contribution in [0.4, 0.5) is 17.8 Å².